The van der Waals surface area contributed by atoms with E-state index in [2.05, 4.69) is 15.9 Å². The first kappa shape index (κ1) is 15.0. The van der Waals surface area contributed by atoms with Gasteiger partial charge in [0, 0.05) is 10.4 Å². The van der Waals surface area contributed by atoms with Gasteiger partial charge in [-0.05, 0) is 37.0 Å². The van der Waals surface area contributed by atoms with Gasteiger partial charge in [0.25, 0.3) is 0 Å². The fourth-order valence-electron chi connectivity index (χ4n) is 2.92. The smallest absolute Gasteiger partial charge is 0.128 e. The summed E-state index contributed by atoms with van der Waals surface area (Å²) in [5, 5.41) is 0. The van der Waals surface area contributed by atoms with E-state index in [-0.39, 0.29) is 16.5 Å². The van der Waals surface area contributed by atoms with Gasteiger partial charge in [0.1, 0.15) is 11.6 Å². The number of hydrogen-bond donors (Lipinski definition) is 0. The Labute approximate surface area is 122 Å². The lowest BCUT2D eigenvalue weighted by molar-refractivity contribution is 0.422. The highest BCUT2D eigenvalue weighted by Gasteiger charge is 2.20. The van der Waals surface area contributed by atoms with Crippen LogP contribution in [0.15, 0.2) is 12.1 Å². The maximum absolute atomic E-state index is 13.9. The van der Waals surface area contributed by atoms with E-state index in [0.29, 0.717) is 17.0 Å². The second kappa shape index (κ2) is 6.83. The first-order chi connectivity index (χ1) is 9.08. The maximum atomic E-state index is 13.9. The van der Waals surface area contributed by atoms with Gasteiger partial charge in [-0.1, -0.05) is 54.5 Å². The fraction of sp³-hybridized carbons (Fsp3) is 0.625. The van der Waals surface area contributed by atoms with Crippen molar-refractivity contribution in [2.75, 3.05) is 0 Å². The molecule has 1 saturated carbocycles. The molecule has 0 bridgehead atoms. The van der Waals surface area contributed by atoms with Crippen LogP contribution in [-0.4, -0.2) is 0 Å². The number of hydrogen-bond acceptors (Lipinski definition) is 0. The molecule has 19 heavy (non-hydrogen) atoms. The van der Waals surface area contributed by atoms with Crippen LogP contribution in [0.4, 0.5) is 8.78 Å². The highest BCUT2D eigenvalue weighted by atomic mass is 79.9. The van der Waals surface area contributed by atoms with Gasteiger partial charge in [0.15, 0.2) is 0 Å². The van der Waals surface area contributed by atoms with Gasteiger partial charge in [-0.15, -0.1) is 0 Å². The van der Waals surface area contributed by atoms with Crippen molar-refractivity contribution in [1.29, 1.82) is 0 Å². The standard InChI is InChI=1S/C16H21BrF2/c1-11-8-16(19)13(10-15(11)18)14(17)9-12-6-4-2-3-5-7-12/h8,10,12,14H,2-7,9H2,1H3. The minimum absolute atomic E-state index is 0.0781. The molecule has 1 atom stereocenters. The van der Waals surface area contributed by atoms with E-state index in [1.54, 1.807) is 6.92 Å². The van der Waals surface area contributed by atoms with E-state index in [4.69, 9.17) is 0 Å². The molecule has 1 aliphatic rings. The number of rotatable bonds is 3. The molecule has 0 N–H and O–H groups in total. The van der Waals surface area contributed by atoms with Crippen molar-refractivity contribution < 1.29 is 8.78 Å². The average Bonchev–Trinajstić information content (AvgIpc) is 2.62. The molecule has 3 heteroatoms. The molecule has 1 aliphatic carbocycles. The molecule has 0 nitrogen and oxygen atoms in total. The molecule has 0 amide bonds. The van der Waals surface area contributed by atoms with Crippen LogP contribution in [-0.2, 0) is 0 Å². The lowest BCUT2D eigenvalue weighted by Gasteiger charge is -2.19. The summed E-state index contributed by atoms with van der Waals surface area (Å²) < 4.78 is 27.5. The van der Waals surface area contributed by atoms with Gasteiger partial charge in [0.2, 0.25) is 0 Å². The molecule has 0 saturated heterocycles. The van der Waals surface area contributed by atoms with E-state index in [0.717, 1.165) is 6.42 Å². The van der Waals surface area contributed by atoms with Gasteiger partial charge >= 0.3 is 0 Å². The first-order valence-corrected chi connectivity index (χ1v) is 8.09. The van der Waals surface area contributed by atoms with Crippen LogP contribution in [0.2, 0.25) is 0 Å². The molecule has 0 radical (unpaired) electrons. The predicted molar refractivity (Wildman–Crippen MR) is 78.6 cm³/mol. The average molecular weight is 331 g/mol. The van der Waals surface area contributed by atoms with Crippen molar-refractivity contribution in [3.8, 4) is 0 Å². The lowest BCUT2D eigenvalue weighted by Crippen LogP contribution is -2.05. The second-order valence-corrected chi connectivity index (χ2v) is 6.79. The van der Waals surface area contributed by atoms with E-state index < -0.39 is 0 Å². The van der Waals surface area contributed by atoms with Crippen molar-refractivity contribution in [3.63, 3.8) is 0 Å². The molecular weight excluding hydrogens is 310 g/mol. The summed E-state index contributed by atoms with van der Waals surface area (Å²) >= 11 is 3.55. The molecule has 0 aromatic heterocycles. The van der Waals surface area contributed by atoms with E-state index in [9.17, 15) is 8.78 Å². The van der Waals surface area contributed by atoms with Crippen LogP contribution >= 0.6 is 15.9 Å². The first-order valence-electron chi connectivity index (χ1n) is 7.17. The fourth-order valence-corrected chi connectivity index (χ4v) is 3.80. The summed E-state index contributed by atoms with van der Waals surface area (Å²) in [6.45, 7) is 1.59. The second-order valence-electron chi connectivity index (χ2n) is 5.68. The molecule has 1 fully saturated rings. The van der Waals surface area contributed by atoms with Crippen LogP contribution in [0.5, 0.6) is 0 Å². The quantitative estimate of drug-likeness (QED) is 0.466. The number of benzene rings is 1. The monoisotopic (exact) mass is 330 g/mol. The van der Waals surface area contributed by atoms with Crippen molar-refractivity contribution in [1.82, 2.24) is 0 Å². The Morgan fingerprint density at radius 3 is 2.37 bits per heavy atom. The van der Waals surface area contributed by atoms with Crippen molar-refractivity contribution in [3.05, 3.63) is 34.9 Å². The molecule has 2 rings (SSSR count). The molecule has 0 aliphatic heterocycles. The van der Waals surface area contributed by atoms with Crippen molar-refractivity contribution >= 4 is 15.9 Å². The summed E-state index contributed by atoms with van der Waals surface area (Å²) in [6.07, 6.45) is 8.52. The van der Waals surface area contributed by atoms with Gasteiger partial charge in [-0.2, -0.15) is 0 Å². The van der Waals surface area contributed by atoms with Crippen molar-refractivity contribution in [2.45, 2.75) is 56.7 Å². The topological polar surface area (TPSA) is 0 Å². The molecular formula is C16H21BrF2. The van der Waals surface area contributed by atoms with Crippen molar-refractivity contribution in [2.24, 2.45) is 5.92 Å². The minimum Gasteiger partial charge on any atom is -0.207 e. The minimum atomic E-state index is -0.318. The number of alkyl halides is 1. The molecule has 1 unspecified atom stereocenters. The van der Waals surface area contributed by atoms with Crippen LogP contribution in [0.25, 0.3) is 0 Å². The highest BCUT2D eigenvalue weighted by Crippen LogP contribution is 2.37. The zero-order chi connectivity index (χ0) is 13.8. The zero-order valence-electron chi connectivity index (χ0n) is 11.4. The summed E-state index contributed by atoms with van der Waals surface area (Å²) in [6, 6.07) is 2.65. The normalized spacial score (nSPS) is 19.2. The third kappa shape index (κ3) is 4.01. The molecule has 106 valence electrons. The number of halogens is 3. The Hall–Kier alpha value is -0.440. The van der Waals surface area contributed by atoms with Crippen LogP contribution in [0.1, 0.15) is 60.9 Å². The van der Waals surface area contributed by atoms with E-state index in [1.807, 2.05) is 0 Å². The molecule has 0 spiro atoms. The summed E-state index contributed by atoms with van der Waals surface area (Å²) in [7, 11) is 0. The Kier molecular flexibility index (Phi) is 5.37. The largest absolute Gasteiger partial charge is 0.207 e. The molecule has 1 aromatic rings. The predicted octanol–water partition coefficient (Wildman–Crippen LogP) is 6.07. The van der Waals surface area contributed by atoms with E-state index in [1.165, 1.54) is 50.7 Å². The van der Waals surface area contributed by atoms with Crippen LogP contribution in [0, 0.1) is 24.5 Å². The zero-order valence-corrected chi connectivity index (χ0v) is 13.0. The Bertz CT molecular complexity index is 423. The lowest BCUT2D eigenvalue weighted by atomic mass is 9.92. The van der Waals surface area contributed by atoms with Crippen LogP contribution < -0.4 is 0 Å². The summed E-state index contributed by atoms with van der Waals surface area (Å²) in [5.41, 5.74) is 0.836. The van der Waals surface area contributed by atoms with Gasteiger partial charge in [-0.3, -0.25) is 0 Å². The molecule has 0 heterocycles. The van der Waals surface area contributed by atoms with Gasteiger partial charge in [-0.25, -0.2) is 8.78 Å². The SMILES string of the molecule is Cc1cc(F)c(C(Br)CC2CCCCCC2)cc1F. The Morgan fingerprint density at radius 1 is 1.11 bits per heavy atom. The van der Waals surface area contributed by atoms with E-state index >= 15 is 0 Å². The summed E-state index contributed by atoms with van der Waals surface area (Å²) in [4.78, 5) is -0.0781. The van der Waals surface area contributed by atoms with Gasteiger partial charge in [0.05, 0.1) is 0 Å². The summed E-state index contributed by atoms with van der Waals surface area (Å²) in [5.74, 6) is 0.0201. The third-order valence-electron chi connectivity index (χ3n) is 4.13. The maximum Gasteiger partial charge on any atom is 0.128 e. The number of aryl methyl sites for hydroxylation is 1. The Balaban J connectivity index is 2.06. The van der Waals surface area contributed by atoms with Gasteiger partial charge < -0.3 is 0 Å². The third-order valence-corrected chi connectivity index (χ3v) is 5.00. The highest BCUT2D eigenvalue weighted by molar-refractivity contribution is 9.09. The molecule has 1 aromatic carbocycles. The Morgan fingerprint density at radius 2 is 1.74 bits per heavy atom. The van der Waals surface area contributed by atoms with Crippen LogP contribution in [0.3, 0.4) is 0 Å².